The lowest BCUT2D eigenvalue weighted by molar-refractivity contribution is 0.0981. The molecule has 1 aliphatic heterocycles. The molecule has 0 radical (unpaired) electrons. The number of benzene rings is 2. The lowest BCUT2D eigenvalue weighted by Crippen LogP contribution is -2.40. The highest BCUT2D eigenvalue weighted by molar-refractivity contribution is 5.83. The number of aliphatic hydroxyl groups excluding tert-OH is 1. The number of methoxy groups -OCH3 is 1. The van der Waals surface area contributed by atoms with E-state index in [0.29, 0.717) is 11.8 Å². The molecule has 33 heavy (non-hydrogen) atoms. The SMILES string of the molecule is CCC1CN(C/C=C/c2ccccc2)CCC1CCC(O)c1ccnc2ccc(OC)cc12. The van der Waals surface area contributed by atoms with Crippen molar-refractivity contribution in [3.05, 3.63) is 78.0 Å². The van der Waals surface area contributed by atoms with Gasteiger partial charge in [0.2, 0.25) is 0 Å². The number of hydrogen-bond donors (Lipinski definition) is 1. The summed E-state index contributed by atoms with van der Waals surface area (Å²) in [6.45, 7) is 5.59. The molecule has 4 heteroatoms. The fourth-order valence-electron chi connectivity index (χ4n) is 5.16. The molecule has 0 spiro atoms. The molecular weight excluding hydrogens is 408 g/mol. The number of nitrogens with zero attached hydrogens (tertiary/aromatic N) is 2. The van der Waals surface area contributed by atoms with Gasteiger partial charge in [-0.1, -0.05) is 55.8 Å². The molecule has 1 saturated heterocycles. The number of piperidine rings is 1. The molecule has 1 N–H and O–H groups in total. The average molecular weight is 445 g/mol. The second-order valence-corrected chi connectivity index (χ2v) is 9.17. The predicted molar refractivity (Wildman–Crippen MR) is 136 cm³/mol. The van der Waals surface area contributed by atoms with Gasteiger partial charge in [0.05, 0.1) is 18.7 Å². The third kappa shape index (κ3) is 6.01. The van der Waals surface area contributed by atoms with Crippen LogP contribution in [-0.2, 0) is 0 Å². The minimum Gasteiger partial charge on any atom is -0.497 e. The smallest absolute Gasteiger partial charge is 0.119 e. The van der Waals surface area contributed by atoms with Crippen LogP contribution in [0.25, 0.3) is 17.0 Å². The number of likely N-dealkylation sites (tertiary alicyclic amines) is 1. The third-order valence-electron chi connectivity index (χ3n) is 7.13. The number of pyridine rings is 1. The van der Waals surface area contributed by atoms with Crippen LogP contribution in [0.15, 0.2) is 66.9 Å². The van der Waals surface area contributed by atoms with Crippen molar-refractivity contribution in [2.24, 2.45) is 11.8 Å². The van der Waals surface area contributed by atoms with Gasteiger partial charge in [-0.3, -0.25) is 9.88 Å². The highest BCUT2D eigenvalue weighted by Gasteiger charge is 2.28. The van der Waals surface area contributed by atoms with Crippen LogP contribution >= 0.6 is 0 Å². The lowest BCUT2D eigenvalue weighted by atomic mass is 9.80. The van der Waals surface area contributed by atoms with Gasteiger partial charge in [0, 0.05) is 24.7 Å². The van der Waals surface area contributed by atoms with E-state index in [1.54, 1.807) is 13.3 Å². The highest BCUT2D eigenvalue weighted by atomic mass is 16.5. The Kier molecular flexibility index (Phi) is 8.14. The molecule has 2 aromatic carbocycles. The summed E-state index contributed by atoms with van der Waals surface area (Å²) in [5.74, 6) is 2.15. The Morgan fingerprint density at radius 1 is 1.15 bits per heavy atom. The highest BCUT2D eigenvalue weighted by Crippen LogP contribution is 2.34. The maximum Gasteiger partial charge on any atom is 0.119 e. The summed E-state index contributed by atoms with van der Waals surface area (Å²) in [6, 6.07) is 18.3. The van der Waals surface area contributed by atoms with Gasteiger partial charge in [0.15, 0.2) is 0 Å². The Morgan fingerprint density at radius 3 is 2.79 bits per heavy atom. The predicted octanol–water partition coefficient (Wildman–Crippen LogP) is 6.12. The molecule has 0 amide bonds. The molecule has 1 aromatic heterocycles. The van der Waals surface area contributed by atoms with Crippen molar-refractivity contribution in [1.82, 2.24) is 9.88 Å². The van der Waals surface area contributed by atoms with Crippen molar-refractivity contribution in [3.63, 3.8) is 0 Å². The van der Waals surface area contributed by atoms with Gasteiger partial charge >= 0.3 is 0 Å². The summed E-state index contributed by atoms with van der Waals surface area (Å²) in [4.78, 5) is 7.02. The fraction of sp³-hybridized carbons (Fsp3) is 0.414. The number of aromatic nitrogens is 1. The maximum absolute atomic E-state index is 11.1. The van der Waals surface area contributed by atoms with Crippen LogP contribution < -0.4 is 4.74 Å². The van der Waals surface area contributed by atoms with E-state index in [4.69, 9.17) is 4.74 Å². The molecule has 4 nitrogen and oxygen atoms in total. The first-order valence-electron chi connectivity index (χ1n) is 12.2. The minimum atomic E-state index is -0.480. The first-order valence-corrected chi connectivity index (χ1v) is 12.2. The molecular formula is C29H36N2O2. The second-order valence-electron chi connectivity index (χ2n) is 9.17. The van der Waals surface area contributed by atoms with Crippen molar-refractivity contribution < 1.29 is 9.84 Å². The molecule has 0 bridgehead atoms. The zero-order chi connectivity index (χ0) is 23.0. The van der Waals surface area contributed by atoms with Crippen molar-refractivity contribution in [3.8, 4) is 5.75 Å². The van der Waals surface area contributed by atoms with E-state index in [1.807, 2.05) is 24.3 Å². The third-order valence-corrected chi connectivity index (χ3v) is 7.13. The van der Waals surface area contributed by atoms with Crippen LogP contribution in [0.1, 0.15) is 49.8 Å². The monoisotopic (exact) mass is 444 g/mol. The normalized spacial score (nSPS) is 20.3. The molecule has 3 aromatic rings. The van der Waals surface area contributed by atoms with Crippen LogP contribution in [-0.4, -0.2) is 41.7 Å². The molecule has 174 valence electrons. The molecule has 0 aliphatic carbocycles. The summed E-state index contributed by atoms with van der Waals surface area (Å²) < 4.78 is 5.39. The van der Waals surface area contributed by atoms with Crippen LogP contribution in [0.4, 0.5) is 0 Å². The Morgan fingerprint density at radius 2 is 2.00 bits per heavy atom. The molecule has 1 fully saturated rings. The summed E-state index contributed by atoms with van der Waals surface area (Å²) in [5, 5.41) is 12.0. The Hall–Kier alpha value is -2.69. The number of hydrogen-bond acceptors (Lipinski definition) is 4. The number of aliphatic hydroxyl groups is 1. The summed E-state index contributed by atoms with van der Waals surface area (Å²) >= 11 is 0. The molecule has 0 saturated carbocycles. The van der Waals surface area contributed by atoms with E-state index in [0.717, 1.165) is 54.7 Å². The zero-order valence-electron chi connectivity index (χ0n) is 19.9. The van der Waals surface area contributed by atoms with E-state index >= 15 is 0 Å². The van der Waals surface area contributed by atoms with Crippen molar-refractivity contribution in [2.75, 3.05) is 26.7 Å². The molecule has 1 aliphatic rings. The van der Waals surface area contributed by atoms with Gasteiger partial charge in [-0.05, 0) is 73.0 Å². The van der Waals surface area contributed by atoms with E-state index in [1.165, 1.54) is 18.4 Å². The molecule has 2 heterocycles. The standard InChI is InChI=1S/C29H36N2O2/c1-3-23-21-31(18-7-10-22-8-5-4-6-9-22)19-16-24(23)11-14-29(32)26-15-17-30-28-13-12-25(33-2)20-27(26)28/h4-10,12-13,15,17,20,23-24,29,32H,3,11,14,16,18-19,21H2,1-2H3/b10-7+. The van der Waals surface area contributed by atoms with Gasteiger partial charge in [-0.15, -0.1) is 0 Å². The largest absolute Gasteiger partial charge is 0.497 e. The van der Waals surface area contributed by atoms with E-state index in [-0.39, 0.29) is 0 Å². The van der Waals surface area contributed by atoms with E-state index in [2.05, 4.69) is 59.3 Å². The number of rotatable bonds is 9. The fourth-order valence-corrected chi connectivity index (χ4v) is 5.16. The Balaban J connectivity index is 1.33. The van der Waals surface area contributed by atoms with Crippen molar-refractivity contribution in [2.45, 2.75) is 38.7 Å². The first-order chi connectivity index (χ1) is 16.2. The summed E-state index contributed by atoms with van der Waals surface area (Å²) in [7, 11) is 1.67. The quantitative estimate of drug-likeness (QED) is 0.432. The van der Waals surface area contributed by atoms with Gasteiger partial charge in [0.25, 0.3) is 0 Å². The van der Waals surface area contributed by atoms with Crippen molar-refractivity contribution >= 4 is 17.0 Å². The van der Waals surface area contributed by atoms with Crippen LogP contribution in [0.2, 0.25) is 0 Å². The summed E-state index contributed by atoms with van der Waals surface area (Å²) in [5.41, 5.74) is 3.11. The van der Waals surface area contributed by atoms with Gasteiger partial charge in [0.1, 0.15) is 5.75 Å². The first kappa shape index (κ1) is 23.5. The molecule has 3 unspecified atom stereocenters. The lowest BCUT2D eigenvalue weighted by Gasteiger charge is -2.38. The second kappa shape index (κ2) is 11.4. The molecule has 4 rings (SSSR count). The number of fused-ring (bicyclic) bond motifs is 1. The van der Waals surface area contributed by atoms with Crippen molar-refractivity contribution in [1.29, 1.82) is 0 Å². The zero-order valence-corrected chi connectivity index (χ0v) is 19.9. The van der Waals surface area contributed by atoms with Gasteiger partial charge < -0.3 is 9.84 Å². The maximum atomic E-state index is 11.1. The number of ether oxygens (including phenoxy) is 1. The Labute approximate surface area is 197 Å². The molecule has 3 atom stereocenters. The van der Waals surface area contributed by atoms with Crippen LogP contribution in [0.5, 0.6) is 5.75 Å². The Bertz CT molecular complexity index is 1050. The summed E-state index contributed by atoms with van der Waals surface area (Å²) in [6.07, 6.45) is 10.1. The van der Waals surface area contributed by atoms with Crippen LogP contribution in [0.3, 0.4) is 0 Å². The minimum absolute atomic E-state index is 0.480. The average Bonchev–Trinajstić information content (AvgIpc) is 2.87. The topological polar surface area (TPSA) is 45.6 Å². The van der Waals surface area contributed by atoms with Gasteiger partial charge in [-0.25, -0.2) is 0 Å². The van der Waals surface area contributed by atoms with E-state index < -0.39 is 6.10 Å². The van der Waals surface area contributed by atoms with Crippen LogP contribution in [0, 0.1) is 11.8 Å². The van der Waals surface area contributed by atoms with E-state index in [9.17, 15) is 5.11 Å². The van der Waals surface area contributed by atoms with Gasteiger partial charge in [-0.2, -0.15) is 0 Å².